The lowest BCUT2D eigenvalue weighted by atomic mass is 10.1. The fourth-order valence-corrected chi connectivity index (χ4v) is 3.02. The second kappa shape index (κ2) is 8.14. The van der Waals surface area contributed by atoms with Gasteiger partial charge in [0, 0.05) is 26.6 Å². The van der Waals surface area contributed by atoms with E-state index in [-0.39, 0.29) is 30.0 Å². The normalized spacial score (nSPS) is 13.7. The molecule has 0 unspecified atom stereocenters. The zero-order chi connectivity index (χ0) is 21.2. The van der Waals surface area contributed by atoms with Crippen LogP contribution >= 0.6 is 0 Å². The average molecular weight is 406 g/mol. The molecular weight excluding hydrogens is 385 g/mol. The summed E-state index contributed by atoms with van der Waals surface area (Å²) in [5.74, 6) is -0.584. The third-order valence-electron chi connectivity index (χ3n) is 4.68. The van der Waals surface area contributed by atoms with Crippen molar-refractivity contribution in [2.75, 3.05) is 19.0 Å². The minimum atomic E-state index is -4.75. The average Bonchev–Trinajstić information content (AvgIpc) is 3.52. The van der Waals surface area contributed by atoms with Gasteiger partial charge in [0.2, 0.25) is 5.91 Å². The summed E-state index contributed by atoms with van der Waals surface area (Å²) < 4.78 is 40.6. The van der Waals surface area contributed by atoms with Gasteiger partial charge in [-0.15, -0.1) is 13.2 Å². The molecule has 1 aliphatic rings. The van der Waals surface area contributed by atoms with Gasteiger partial charge < -0.3 is 14.5 Å². The molecule has 29 heavy (non-hydrogen) atoms. The van der Waals surface area contributed by atoms with Crippen molar-refractivity contribution in [1.29, 1.82) is 0 Å². The quantitative estimate of drug-likeness (QED) is 0.722. The fraction of sp³-hybridized carbons (Fsp3) is 0.333. The van der Waals surface area contributed by atoms with E-state index in [9.17, 15) is 22.8 Å². The number of carbonyl (C=O) groups is 2. The number of hydrogen-bond donors (Lipinski definition) is 0. The number of carbonyl (C=O) groups excluding carboxylic acids is 2. The van der Waals surface area contributed by atoms with Crippen molar-refractivity contribution in [3.05, 3.63) is 59.7 Å². The van der Waals surface area contributed by atoms with Gasteiger partial charge in [-0.05, 0) is 42.7 Å². The van der Waals surface area contributed by atoms with Gasteiger partial charge >= 0.3 is 6.36 Å². The molecule has 154 valence electrons. The van der Waals surface area contributed by atoms with Crippen LogP contribution in [0.4, 0.5) is 18.9 Å². The Bertz CT molecular complexity index is 893. The Morgan fingerprint density at radius 1 is 1.03 bits per heavy atom. The highest BCUT2D eigenvalue weighted by molar-refractivity contribution is 6.05. The van der Waals surface area contributed by atoms with Crippen molar-refractivity contribution in [3.8, 4) is 5.75 Å². The van der Waals surface area contributed by atoms with Gasteiger partial charge in [0.1, 0.15) is 5.75 Å². The topological polar surface area (TPSA) is 49.9 Å². The van der Waals surface area contributed by atoms with Crippen molar-refractivity contribution in [2.24, 2.45) is 5.92 Å². The number of amides is 2. The van der Waals surface area contributed by atoms with Gasteiger partial charge in [-0.2, -0.15) is 0 Å². The molecule has 2 aromatic carbocycles. The van der Waals surface area contributed by atoms with E-state index in [2.05, 4.69) is 4.74 Å². The predicted octanol–water partition coefficient (Wildman–Crippen LogP) is 4.23. The van der Waals surface area contributed by atoms with E-state index in [1.54, 1.807) is 38.4 Å². The molecular formula is C21H21F3N2O3. The van der Waals surface area contributed by atoms with Crippen LogP contribution < -0.4 is 9.64 Å². The largest absolute Gasteiger partial charge is 0.573 e. The first kappa shape index (κ1) is 20.7. The summed E-state index contributed by atoms with van der Waals surface area (Å²) in [6.45, 7) is 0.194. The van der Waals surface area contributed by atoms with Crippen LogP contribution in [0.15, 0.2) is 48.5 Å². The molecule has 0 heterocycles. The summed E-state index contributed by atoms with van der Waals surface area (Å²) in [5.41, 5.74) is 1.58. The molecule has 0 bridgehead atoms. The summed E-state index contributed by atoms with van der Waals surface area (Å²) >= 11 is 0. The Balaban J connectivity index is 1.71. The molecule has 0 aromatic heterocycles. The molecule has 1 fully saturated rings. The van der Waals surface area contributed by atoms with Crippen LogP contribution in [-0.2, 0) is 11.3 Å². The van der Waals surface area contributed by atoms with Crippen LogP contribution in [0, 0.1) is 5.92 Å². The Hall–Kier alpha value is -3.03. The smallest absolute Gasteiger partial charge is 0.406 e. The molecule has 8 heteroatoms. The fourth-order valence-electron chi connectivity index (χ4n) is 3.02. The molecule has 0 atom stereocenters. The second-order valence-corrected chi connectivity index (χ2v) is 7.04. The highest BCUT2D eigenvalue weighted by atomic mass is 19.4. The predicted molar refractivity (Wildman–Crippen MR) is 101 cm³/mol. The Kier molecular flexibility index (Phi) is 5.81. The highest BCUT2D eigenvalue weighted by Crippen LogP contribution is 2.33. The molecule has 5 nitrogen and oxygen atoms in total. The van der Waals surface area contributed by atoms with Crippen LogP contribution in [0.3, 0.4) is 0 Å². The summed E-state index contributed by atoms with van der Waals surface area (Å²) in [6, 6.07) is 12.2. The number of anilines is 1. The van der Waals surface area contributed by atoms with E-state index in [1.807, 2.05) is 0 Å². The number of nitrogens with zero attached hydrogens (tertiary/aromatic N) is 2. The van der Waals surface area contributed by atoms with Crippen molar-refractivity contribution in [2.45, 2.75) is 25.7 Å². The lowest BCUT2D eigenvalue weighted by Gasteiger charge is -2.23. The van der Waals surface area contributed by atoms with E-state index >= 15 is 0 Å². The van der Waals surface area contributed by atoms with Crippen molar-refractivity contribution < 1.29 is 27.5 Å². The highest BCUT2D eigenvalue weighted by Gasteiger charge is 2.34. The number of ether oxygens (including phenoxy) is 1. The second-order valence-electron chi connectivity index (χ2n) is 7.04. The van der Waals surface area contributed by atoms with Crippen LogP contribution in [0.2, 0.25) is 0 Å². The van der Waals surface area contributed by atoms with Gasteiger partial charge in [-0.25, -0.2) is 0 Å². The Morgan fingerprint density at radius 2 is 1.66 bits per heavy atom. The van der Waals surface area contributed by atoms with E-state index in [1.165, 1.54) is 34.1 Å². The molecule has 1 saturated carbocycles. The molecule has 2 aromatic rings. The molecule has 1 aliphatic carbocycles. The van der Waals surface area contributed by atoms with Gasteiger partial charge in [0.05, 0.1) is 11.3 Å². The van der Waals surface area contributed by atoms with Crippen LogP contribution in [0.5, 0.6) is 5.75 Å². The monoisotopic (exact) mass is 406 g/mol. The third kappa shape index (κ3) is 5.28. The minimum Gasteiger partial charge on any atom is -0.406 e. The number of benzene rings is 2. The maximum atomic E-state index is 13.0. The van der Waals surface area contributed by atoms with Crippen LogP contribution in [0.25, 0.3) is 0 Å². The molecule has 0 aliphatic heterocycles. The zero-order valence-corrected chi connectivity index (χ0v) is 16.1. The molecule has 0 spiro atoms. The number of alkyl halides is 3. The van der Waals surface area contributed by atoms with Crippen molar-refractivity contribution in [3.63, 3.8) is 0 Å². The summed E-state index contributed by atoms with van der Waals surface area (Å²) in [7, 11) is 3.26. The molecule has 0 radical (unpaired) electrons. The first-order valence-corrected chi connectivity index (χ1v) is 9.12. The molecule has 0 N–H and O–H groups in total. The third-order valence-corrected chi connectivity index (χ3v) is 4.68. The van der Waals surface area contributed by atoms with Gasteiger partial charge in [-0.3, -0.25) is 9.59 Å². The van der Waals surface area contributed by atoms with Gasteiger partial charge in [0.15, 0.2) is 0 Å². The molecule has 0 saturated heterocycles. The summed E-state index contributed by atoms with van der Waals surface area (Å²) in [5, 5.41) is 0. The number of para-hydroxylation sites is 1. The lowest BCUT2D eigenvalue weighted by molar-refractivity contribution is -0.274. The first-order valence-electron chi connectivity index (χ1n) is 9.12. The Labute approximate surface area is 166 Å². The van der Waals surface area contributed by atoms with Crippen LogP contribution in [0.1, 0.15) is 28.8 Å². The van der Waals surface area contributed by atoms with Crippen molar-refractivity contribution >= 4 is 17.5 Å². The van der Waals surface area contributed by atoms with E-state index in [0.717, 1.165) is 12.8 Å². The summed E-state index contributed by atoms with van der Waals surface area (Å²) in [6.07, 6.45) is -3.01. The molecule has 3 rings (SSSR count). The number of halogens is 3. The van der Waals surface area contributed by atoms with E-state index in [4.69, 9.17) is 0 Å². The van der Waals surface area contributed by atoms with Gasteiger partial charge in [-0.1, -0.05) is 24.3 Å². The zero-order valence-electron chi connectivity index (χ0n) is 16.1. The van der Waals surface area contributed by atoms with E-state index in [0.29, 0.717) is 16.8 Å². The number of rotatable bonds is 6. The van der Waals surface area contributed by atoms with Gasteiger partial charge in [0.25, 0.3) is 5.91 Å². The maximum Gasteiger partial charge on any atom is 0.573 e. The minimum absolute atomic E-state index is 0.00634. The number of hydrogen-bond acceptors (Lipinski definition) is 3. The lowest BCUT2D eigenvalue weighted by Crippen LogP contribution is -2.32. The first-order chi connectivity index (χ1) is 13.7. The Morgan fingerprint density at radius 3 is 2.24 bits per heavy atom. The SMILES string of the molecule is CN(Cc1ccc(OC(F)(F)F)cc1)C(=O)c1ccccc1N(C)C(=O)C1CC1. The standard InChI is InChI=1S/C21H21F3N2O3/c1-25(13-14-7-11-16(12-8-14)29-21(22,23)24)20(28)17-5-3-4-6-18(17)26(2)19(27)15-9-10-15/h3-8,11-12,15H,9-10,13H2,1-2H3. The van der Waals surface area contributed by atoms with E-state index < -0.39 is 6.36 Å². The molecule has 2 amide bonds. The van der Waals surface area contributed by atoms with Crippen LogP contribution in [-0.4, -0.2) is 37.2 Å². The maximum absolute atomic E-state index is 13.0. The summed E-state index contributed by atoms with van der Waals surface area (Å²) in [4.78, 5) is 28.3. The van der Waals surface area contributed by atoms with Crippen molar-refractivity contribution in [1.82, 2.24) is 4.90 Å².